The van der Waals surface area contributed by atoms with Crippen molar-refractivity contribution in [1.82, 2.24) is 0 Å². The van der Waals surface area contributed by atoms with Crippen molar-refractivity contribution >= 4 is 11.8 Å². The number of amides is 1. The molecule has 1 amide bonds. The molecular formula is C14H21NO2. The Morgan fingerprint density at radius 3 is 2.29 bits per heavy atom. The number of hydrogen-bond acceptors (Lipinski definition) is 2. The molecule has 1 N–H and O–H groups in total. The topological polar surface area (TPSA) is 38.3 Å². The van der Waals surface area contributed by atoms with Gasteiger partial charge in [0.25, 0.3) is 0 Å². The number of carbonyl (C=O) groups excluding carboxylic acids is 1. The molecule has 1 rings (SSSR count). The molecule has 0 radical (unpaired) electrons. The van der Waals surface area contributed by atoms with Gasteiger partial charge in [-0.15, -0.1) is 0 Å². The fourth-order valence-corrected chi connectivity index (χ4v) is 1.60. The molecule has 0 aliphatic carbocycles. The summed E-state index contributed by atoms with van der Waals surface area (Å²) in [5.74, 6) is 0. The number of hydrogen-bond donors (Lipinski definition) is 1. The van der Waals surface area contributed by atoms with Gasteiger partial charge in [-0.25, -0.2) is 4.79 Å². The molecule has 0 fully saturated rings. The number of carbonyl (C=O) groups is 1. The maximum atomic E-state index is 11.2. The lowest BCUT2D eigenvalue weighted by Crippen LogP contribution is -2.13. The molecular weight excluding hydrogens is 214 g/mol. The van der Waals surface area contributed by atoms with E-state index in [1.807, 2.05) is 24.3 Å². The number of ether oxygens (including phenoxy) is 1. The predicted octanol–water partition coefficient (Wildman–Crippen LogP) is 3.84. The molecule has 0 saturated heterocycles. The van der Waals surface area contributed by atoms with E-state index in [0.29, 0.717) is 6.61 Å². The molecule has 1 aromatic rings. The third-order valence-corrected chi connectivity index (χ3v) is 2.21. The molecule has 0 bridgehead atoms. The molecule has 1 aromatic carbocycles. The smallest absolute Gasteiger partial charge is 0.411 e. The van der Waals surface area contributed by atoms with Gasteiger partial charge in [0.1, 0.15) is 0 Å². The molecule has 0 aliphatic rings. The second kappa shape index (κ2) is 5.71. The lowest BCUT2D eigenvalue weighted by molar-refractivity contribution is 0.168. The summed E-state index contributed by atoms with van der Waals surface area (Å²) in [4.78, 5) is 11.2. The zero-order valence-corrected chi connectivity index (χ0v) is 11.0. The van der Waals surface area contributed by atoms with Crippen LogP contribution in [0.25, 0.3) is 0 Å². The van der Waals surface area contributed by atoms with Crippen molar-refractivity contribution in [2.45, 2.75) is 34.1 Å². The second-order valence-corrected chi connectivity index (χ2v) is 5.28. The lowest BCUT2D eigenvalue weighted by Gasteiger charge is -2.18. The molecule has 0 aromatic heterocycles. The van der Waals surface area contributed by atoms with Gasteiger partial charge in [-0.2, -0.15) is 0 Å². The minimum absolute atomic E-state index is 0.274. The number of nitrogens with one attached hydrogen (secondary N) is 1. The zero-order chi connectivity index (χ0) is 12.9. The first kappa shape index (κ1) is 13.6. The van der Waals surface area contributed by atoms with Crippen LogP contribution in [0.15, 0.2) is 24.3 Å². The van der Waals surface area contributed by atoms with Crippen LogP contribution < -0.4 is 5.32 Å². The second-order valence-electron chi connectivity index (χ2n) is 5.28. The summed E-state index contributed by atoms with van der Waals surface area (Å²) < 4.78 is 4.81. The highest BCUT2D eigenvalue weighted by Crippen LogP contribution is 2.21. The van der Waals surface area contributed by atoms with Crippen molar-refractivity contribution < 1.29 is 9.53 Å². The number of benzene rings is 1. The maximum Gasteiger partial charge on any atom is 0.411 e. The Balaban J connectivity index is 2.59. The van der Waals surface area contributed by atoms with Crippen molar-refractivity contribution in [3.05, 3.63) is 29.8 Å². The van der Waals surface area contributed by atoms with Crippen LogP contribution in [0.5, 0.6) is 0 Å². The third kappa shape index (κ3) is 5.38. The van der Waals surface area contributed by atoms with Gasteiger partial charge in [-0.3, -0.25) is 5.32 Å². The van der Waals surface area contributed by atoms with Crippen molar-refractivity contribution in [2.24, 2.45) is 5.41 Å². The molecule has 0 aliphatic heterocycles. The molecule has 0 heterocycles. The summed E-state index contributed by atoms with van der Waals surface area (Å²) in [7, 11) is 0. The average molecular weight is 235 g/mol. The van der Waals surface area contributed by atoms with Crippen LogP contribution >= 0.6 is 0 Å². The summed E-state index contributed by atoms with van der Waals surface area (Å²) in [6, 6.07) is 7.87. The van der Waals surface area contributed by atoms with Gasteiger partial charge in [0.2, 0.25) is 0 Å². The average Bonchev–Trinajstić information content (AvgIpc) is 2.19. The molecule has 3 heteroatoms. The van der Waals surface area contributed by atoms with Gasteiger partial charge in [-0.1, -0.05) is 32.9 Å². The highest BCUT2D eigenvalue weighted by Gasteiger charge is 2.11. The third-order valence-electron chi connectivity index (χ3n) is 2.21. The van der Waals surface area contributed by atoms with E-state index in [2.05, 4.69) is 26.1 Å². The predicted molar refractivity (Wildman–Crippen MR) is 70.2 cm³/mol. The Bertz CT molecular complexity index is 363. The summed E-state index contributed by atoms with van der Waals surface area (Å²) in [5.41, 5.74) is 2.31. The van der Waals surface area contributed by atoms with Crippen LogP contribution in [0.1, 0.15) is 33.3 Å². The van der Waals surface area contributed by atoms with Crippen LogP contribution in [-0.4, -0.2) is 12.7 Å². The quantitative estimate of drug-likeness (QED) is 0.864. The van der Waals surface area contributed by atoms with Gasteiger partial charge in [0.05, 0.1) is 6.61 Å². The summed E-state index contributed by atoms with van der Waals surface area (Å²) >= 11 is 0. The van der Waals surface area contributed by atoms with Crippen molar-refractivity contribution in [1.29, 1.82) is 0 Å². The SMILES string of the molecule is CCOC(=O)Nc1ccc(CC(C)(C)C)cc1. The van der Waals surface area contributed by atoms with E-state index in [9.17, 15) is 4.79 Å². The van der Waals surface area contributed by atoms with Crippen LogP contribution in [0.4, 0.5) is 10.5 Å². The van der Waals surface area contributed by atoms with Crippen molar-refractivity contribution in [3.63, 3.8) is 0 Å². The van der Waals surface area contributed by atoms with Gasteiger partial charge < -0.3 is 4.74 Å². The van der Waals surface area contributed by atoms with E-state index >= 15 is 0 Å². The van der Waals surface area contributed by atoms with Gasteiger partial charge >= 0.3 is 6.09 Å². The highest BCUT2D eigenvalue weighted by atomic mass is 16.5. The van der Waals surface area contributed by atoms with E-state index in [1.165, 1.54) is 5.56 Å². The summed E-state index contributed by atoms with van der Waals surface area (Å²) in [5, 5.41) is 2.67. The Labute approximate surface area is 103 Å². The van der Waals surface area contributed by atoms with Crippen LogP contribution in [0, 0.1) is 5.41 Å². The van der Waals surface area contributed by atoms with Gasteiger partial charge in [0, 0.05) is 5.69 Å². The minimum Gasteiger partial charge on any atom is -0.450 e. The van der Waals surface area contributed by atoms with E-state index in [-0.39, 0.29) is 5.41 Å². The standard InChI is InChI=1S/C14H21NO2/c1-5-17-13(16)15-12-8-6-11(7-9-12)10-14(2,3)4/h6-9H,5,10H2,1-4H3,(H,15,16). The fourth-order valence-electron chi connectivity index (χ4n) is 1.60. The van der Waals surface area contributed by atoms with Crippen molar-refractivity contribution in [2.75, 3.05) is 11.9 Å². The molecule has 0 spiro atoms. The summed E-state index contributed by atoms with van der Waals surface area (Å²) in [6.45, 7) is 8.78. The van der Waals surface area contributed by atoms with E-state index in [4.69, 9.17) is 4.74 Å². The Hall–Kier alpha value is -1.51. The first-order chi connectivity index (χ1) is 7.90. The zero-order valence-electron chi connectivity index (χ0n) is 11.0. The maximum absolute atomic E-state index is 11.2. The Morgan fingerprint density at radius 1 is 1.24 bits per heavy atom. The van der Waals surface area contributed by atoms with E-state index in [0.717, 1.165) is 12.1 Å². The van der Waals surface area contributed by atoms with E-state index < -0.39 is 6.09 Å². The van der Waals surface area contributed by atoms with E-state index in [1.54, 1.807) is 6.92 Å². The minimum atomic E-state index is -0.406. The highest BCUT2D eigenvalue weighted by molar-refractivity contribution is 5.84. The normalized spacial score (nSPS) is 11.1. The molecule has 0 saturated carbocycles. The monoisotopic (exact) mass is 235 g/mol. The number of rotatable bonds is 3. The number of anilines is 1. The molecule has 0 unspecified atom stereocenters. The Morgan fingerprint density at radius 2 is 1.82 bits per heavy atom. The first-order valence-electron chi connectivity index (χ1n) is 5.93. The van der Waals surface area contributed by atoms with Gasteiger partial charge in [0.15, 0.2) is 0 Å². The first-order valence-corrected chi connectivity index (χ1v) is 5.93. The molecule has 0 atom stereocenters. The van der Waals surface area contributed by atoms with Gasteiger partial charge in [-0.05, 0) is 36.5 Å². The lowest BCUT2D eigenvalue weighted by atomic mass is 9.88. The molecule has 17 heavy (non-hydrogen) atoms. The largest absolute Gasteiger partial charge is 0.450 e. The molecule has 3 nitrogen and oxygen atoms in total. The summed E-state index contributed by atoms with van der Waals surface area (Å²) in [6.07, 6.45) is 0.614. The Kier molecular flexibility index (Phi) is 4.55. The fraction of sp³-hybridized carbons (Fsp3) is 0.500. The van der Waals surface area contributed by atoms with Crippen LogP contribution in [0.3, 0.4) is 0 Å². The van der Waals surface area contributed by atoms with Crippen molar-refractivity contribution in [3.8, 4) is 0 Å². The van der Waals surface area contributed by atoms with Crippen LogP contribution in [0.2, 0.25) is 0 Å². The molecule has 94 valence electrons. The van der Waals surface area contributed by atoms with Crippen LogP contribution in [-0.2, 0) is 11.2 Å².